The van der Waals surface area contributed by atoms with Crippen molar-refractivity contribution < 1.29 is 4.79 Å². The smallest absolute Gasteiger partial charge is 0.317 e. The highest BCUT2D eigenvalue weighted by Gasteiger charge is 2.26. The first-order valence-corrected chi connectivity index (χ1v) is 9.99. The van der Waals surface area contributed by atoms with Gasteiger partial charge in [0.2, 0.25) is 0 Å². The second kappa shape index (κ2) is 8.00. The molecule has 0 unspecified atom stereocenters. The molecule has 1 fully saturated rings. The number of amides is 2. The number of nitrogens with zero attached hydrogens (tertiary/aromatic N) is 5. The van der Waals surface area contributed by atoms with Crippen LogP contribution in [0.5, 0.6) is 0 Å². The lowest BCUT2D eigenvalue weighted by Crippen LogP contribution is -2.45. The molecule has 1 aliphatic rings. The molecule has 3 aromatic rings. The first kappa shape index (κ1) is 18.5. The normalized spacial score (nSPS) is 17.2. The average Bonchev–Trinajstić information content (AvgIpc) is 3.34. The summed E-state index contributed by atoms with van der Waals surface area (Å²) in [7, 11) is 0. The van der Waals surface area contributed by atoms with Gasteiger partial charge in [-0.3, -0.25) is 0 Å². The maximum absolute atomic E-state index is 12.6. The van der Waals surface area contributed by atoms with Crippen LogP contribution >= 0.6 is 0 Å². The fourth-order valence-electron chi connectivity index (χ4n) is 3.85. The molecule has 148 valence electrons. The van der Waals surface area contributed by atoms with Gasteiger partial charge in [-0.15, -0.1) is 10.2 Å². The van der Waals surface area contributed by atoms with Crippen molar-refractivity contribution in [1.29, 1.82) is 0 Å². The lowest BCUT2D eigenvalue weighted by molar-refractivity contribution is 0.178. The van der Waals surface area contributed by atoms with Crippen molar-refractivity contribution in [2.45, 2.75) is 45.6 Å². The van der Waals surface area contributed by atoms with Crippen LogP contribution < -0.4 is 5.32 Å². The van der Waals surface area contributed by atoms with Gasteiger partial charge < -0.3 is 19.8 Å². The third-order valence-electron chi connectivity index (χ3n) is 5.41. The number of carbonyl (C=O) groups excluding carboxylic acids is 1. The number of rotatable bonds is 5. The zero-order chi connectivity index (χ0) is 19.5. The highest BCUT2D eigenvalue weighted by Crippen LogP contribution is 2.27. The maximum atomic E-state index is 12.6. The van der Waals surface area contributed by atoms with Crippen LogP contribution in [-0.4, -0.2) is 55.3 Å². The number of carbonyl (C=O) groups is 1. The number of likely N-dealkylation sites (tertiary alicyclic amines) is 1. The van der Waals surface area contributed by atoms with E-state index < -0.39 is 0 Å². The summed E-state index contributed by atoms with van der Waals surface area (Å²) in [5.74, 6) is 2.13. The molecule has 8 nitrogen and oxygen atoms in total. The number of aromatic nitrogens is 5. The van der Waals surface area contributed by atoms with Crippen LogP contribution in [0.25, 0.3) is 11.0 Å². The van der Waals surface area contributed by atoms with Gasteiger partial charge in [-0.1, -0.05) is 6.07 Å². The summed E-state index contributed by atoms with van der Waals surface area (Å²) < 4.78 is 1.99. The Bertz CT molecular complexity index is 961. The van der Waals surface area contributed by atoms with Crippen molar-refractivity contribution >= 4 is 17.1 Å². The SMILES string of the molecule is CCn1cnnc1CCNC(=O)N1CCC[C@@H](c2nc3ccc(C)cc3[nH]2)C1. The number of benzene rings is 1. The quantitative estimate of drug-likeness (QED) is 0.711. The molecule has 1 saturated heterocycles. The van der Waals surface area contributed by atoms with E-state index in [9.17, 15) is 4.79 Å². The summed E-state index contributed by atoms with van der Waals surface area (Å²) in [6.07, 6.45) is 4.43. The van der Waals surface area contributed by atoms with E-state index in [-0.39, 0.29) is 11.9 Å². The van der Waals surface area contributed by atoms with Gasteiger partial charge in [-0.25, -0.2) is 9.78 Å². The topological polar surface area (TPSA) is 91.7 Å². The number of urea groups is 1. The Labute approximate surface area is 164 Å². The molecular formula is C20H27N7O. The first-order chi connectivity index (χ1) is 13.6. The lowest BCUT2D eigenvalue weighted by Gasteiger charge is -2.31. The molecule has 3 heterocycles. The van der Waals surface area contributed by atoms with Crippen LogP contribution in [0.3, 0.4) is 0 Å². The second-order valence-electron chi connectivity index (χ2n) is 7.44. The molecule has 0 radical (unpaired) electrons. The van der Waals surface area contributed by atoms with Gasteiger partial charge in [-0.2, -0.15) is 0 Å². The van der Waals surface area contributed by atoms with Crippen molar-refractivity contribution in [3.8, 4) is 0 Å². The lowest BCUT2D eigenvalue weighted by atomic mass is 9.97. The number of H-pyrrole nitrogens is 1. The Balaban J connectivity index is 1.35. The highest BCUT2D eigenvalue weighted by molar-refractivity contribution is 5.76. The van der Waals surface area contributed by atoms with Crippen LogP contribution in [0.4, 0.5) is 4.79 Å². The summed E-state index contributed by atoms with van der Waals surface area (Å²) in [6.45, 7) is 7.00. The second-order valence-corrected chi connectivity index (χ2v) is 7.44. The average molecular weight is 381 g/mol. The number of aryl methyl sites for hydroxylation is 2. The zero-order valence-corrected chi connectivity index (χ0v) is 16.5. The van der Waals surface area contributed by atoms with Gasteiger partial charge >= 0.3 is 6.03 Å². The van der Waals surface area contributed by atoms with Crippen LogP contribution in [0.15, 0.2) is 24.5 Å². The molecule has 2 aromatic heterocycles. The molecule has 1 atom stereocenters. The molecule has 2 N–H and O–H groups in total. The summed E-state index contributed by atoms with van der Waals surface area (Å²) in [5.41, 5.74) is 3.27. The van der Waals surface area contributed by atoms with Crippen LogP contribution in [0.1, 0.15) is 42.9 Å². The van der Waals surface area contributed by atoms with E-state index in [0.717, 1.165) is 48.6 Å². The largest absolute Gasteiger partial charge is 0.342 e. The number of hydrogen-bond acceptors (Lipinski definition) is 4. The Morgan fingerprint density at radius 3 is 3.14 bits per heavy atom. The molecule has 8 heteroatoms. The van der Waals surface area contributed by atoms with E-state index in [1.54, 1.807) is 6.33 Å². The van der Waals surface area contributed by atoms with E-state index in [1.807, 2.05) is 15.5 Å². The predicted molar refractivity (Wildman–Crippen MR) is 107 cm³/mol. The summed E-state index contributed by atoms with van der Waals surface area (Å²) in [5, 5.41) is 11.1. The molecule has 2 amide bonds. The van der Waals surface area contributed by atoms with Crippen LogP contribution in [-0.2, 0) is 13.0 Å². The Kier molecular flexibility index (Phi) is 5.27. The van der Waals surface area contributed by atoms with Gasteiger partial charge in [0.1, 0.15) is 18.0 Å². The van der Waals surface area contributed by atoms with Gasteiger partial charge in [-0.05, 0) is 44.4 Å². The molecule has 0 saturated carbocycles. The minimum Gasteiger partial charge on any atom is -0.342 e. The highest BCUT2D eigenvalue weighted by atomic mass is 16.2. The molecule has 28 heavy (non-hydrogen) atoms. The third-order valence-corrected chi connectivity index (χ3v) is 5.41. The maximum Gasteiger partial charge on any atom is 0.317 e. The number of hydrogen-bond donors (Lipinski definition) is 2. The Hall–Kier alpha value is -2.90. The van der Waals surface area contributed by atoms with Gasteiger partial charge in [0.25, 0.3) is 0 Å². The van der Waals surface area contributed by atoms with E-state index in [4.69, 9.17) is 4.98 Å². The standard InChI is InChI=1S/C20H27N7O/c1-3-26-13-22-25-18(26)8-9-21-20(28)27-10-4-5-15(12-27)19-23-16-7-6-14(2)11-17(16)24-19/h6-7,11,13,15H,3-5,8-10,12H2,1-2H3,(H,21,28)(H,23,24)/t15-/m1/s1. The molecule has 4 rings (SSSR count). The van der Waals surface area contributed by atoms with Crippen molar-refractivity contribution in [1.82, 2.24) is 34.9 Å². The first-order valence-electron chi connectivity index (χ1n) is 9.99. The van der Waals surface area contributed by atoms with Crippen molar-refractivity contribution in [3.63, 3.8) is 0 Å². The zero-order valence-electron chi connectivity index (χ0n) is 16.5. The number of nitrogens with one attached hydrogen (secondary N) is 2. The Morgan fingerprint density at radius 2 is 2.29 bits per heavy atom. The summed E-state index contributed by atoms with van der Waals surface area (Å²) >= 11 is 0. The molecule has 0 spiro atoms. The molecule has 0 bridgehead atoms. The van der Waals surface area contributed by atoms with Crippen molar-refractivity contribution in [2.24, 2.45) is 0 Å². The predicted octanol–water partition coefficient (Wildman–Crippen LogP) is 2.61. The summed E-state index contributed by atoms with van der Waals surface area (Å²) in [6, 6.07) is 6.23. The summed E-state index contributed by atoms with van der Waals surface area (Å²) in [4.78, 5) is 22.7. The van der Waals surface area contributed by atoms with Gasteiger partial charge in [0.15, 0.2) is 0 Å². The van der Waals surface area contributed by atoms with Crippen LogP contribution in [0.2, 0.25) is 0 Å². The molecule has 1 aliphatic heterocycles. The number of fused-ring (bicyclic) bond motifs is 1. The van der Waals surface area contributed by atoms with Gasteiger partial charge in [0.05, 0.1) is 11.0 Å². The van der Waals surface area contributed by atoms with Gasteiger partial charge in [0, 0.05) is 38.5 Å². The minimum atomic E-state index is -0.0146. The molecule has 1 aromatic carbocycles. The number of piperidine rings is 1. The fraction of sp³-hybridized carbons (Fsp3) is 0.500. The number of aromatic amines is 1. The number of imidazole rings is 1. The minimum absolute atomic E-state index is 0.0146. The van der Waals surface area contributed by atoms with E-state index in [2.05, 4.69) is 46.5 Å². The van der Waals surface area contributed by atoms with E-state index in [0.29, 0.717) is 19.5 Å². The van der Waals surface area contributed by atoms with E-state index in [1.165, 1.54) is 5.56 Å². The van der Waals surface area contributed by atoms with Crippen LogP contribution in [0, 0.1) is 6.92 Å². The molecular weight excluding hydrogens is 354 g/mol. The monoisotopic (exact) mass is 381 g/mol. The van der Waals surface area contributed by atoms with Crippen molar-refractivity contribution in [3.05, 3.63) is 41.7 Å². The van der Waals surface area contributed by atoms with E-state index >= 15 is 0 Å². The molecule has 0 aliphatic carbocycles. The fourth-order valence-corrected chi connectivity index (χ4v) is 3.85. The Morgan fingerprint density at radius 1 is 1.39 bits per heavy atom. The third kappa shape index (κ3) is 3.85. The van der Waals surface area contributed by atoms with Crippen molar-refractivity contribution in [2.75, 3.05) is 19.6 Å².